The summed E-state index contributed by atoms with van der Waals surface area (Å²) in [4.78, 5) is 35.2. The standard InChI is InChI=1S/C18H19FN4O3.C2HF3O2/c19-14-4-1-6-22-16(14)26-13-10-18(25-11-13)5-2-9-23(12-18)17(24)15-20-7-3-8-21-15;3-2(4,5)1(6)7/h1,3-4,6-8,13H,2,5,9-12H2;(H,6,7)/t13-,18+;/m1./s1. The van der Waals surface area contributed by atoms with E-state index in [1.807, 2.05) is 0 Å². The summed E-state index contributed by atoms with van der Waals surface area (Å²) in [6.45, 7) is 1.44. The molecule has 2 fully saturated rings. The van der Waals surface area contributed by atoms with Crippen molar-refractivity contribution in [2.24, 2.45) is 0 Å². The number of carboxylic acid groups (broad SMARTS) is 1. The van der Waals surface area contributed by atoms with E-state index in [-0.39, 0.29) is 23.7 Å². The molecule has 0 bridgehead atoms. The number of piperidine rings is 1. The first-order valence-corrected chi connectivity index (χ1v) is 9.87. The van der Waals surface area contributed by atoms with Crippen LogP contribution >= 0.6 is 0 Å². The van der Waals surface area contributed by atoms with E-state index >= 15 is 0 Å². The predicted octanol–water partition coefficient (Wildman–Crippen LogP) is 2.49. The van der Waals surface area contributed by atoms with Gasteiger partial charge in [0.25, 0.3) is 11.8 Å². The molecule has 4 heterocycles. The molecular formula is C20H20F4N4O5. The van der Waals surface area contributed by atoms with Gasteiger partial charge in [-0.3, -0.25) is 4.79 Å². The zero-order valence-corrected chi connectivity index (χ0v) is 17.2. The summed E-state index contributed by atoms with van der Waals surface area (Å²) in [6, 6.07) is 4.51. The maximum absolute atomic E-state index is 13.7. The van der Waals surface area contributed by atoms with E-state index in [1.54, 1.807) is 23.4 Å². The van der Waals surface area contributed by atoms with Gasteiger partial charge in [-0.15, -0.1) is 0 Å². The van der Waals surface area contributed by atoms with E-state index in [2.05, 4.69) is 15.0 Å². The van der Waals surface area contributed by atoms with Gasteiger partial charge in [-0.25, -0.2) is 24.1 Å². The van der Waals surface area contributed by atoms with E-state index < -0.39 is 23.6 Å². The number of carbonyl (C=O) groups is 2. The first kappa shape index (κ1) is 24.3. The van der Waals surface area contributed by atoms with Crippen LogP contribution in [0, 0.1) is 5.82 Å². The van der Waals surface area contributed by atoms with E-state index in [0.29, 0.717) is 26.1 Å². The summed E-state index contributed by atoms with van der Waals surface area (Å²) in [5.41, 5.74) is -0.474. The van der Waals surface area contributed by atoms with Gasteiger partial charge in [0, 0.05) is 31.6 Å². The Balaban J connectivity index is 0.000000383. The number of nitrogens with zero attached hydrogens (tertiary/aromatic N) is 4. The second-order valence-corrected chi connectivity index (χ2v) is 7.43. The maximum atomic E-state index is 13.7. The van der Waals surface area contributed by atoms with Gasteiger partial charge in [-0.05, 0) is 31.0 Å². The molecule has 2 saturated heterocycles. The van der Waals surface area contributed by atoms with Gasteiger partial charge < -0.3 is 19.5 Å². The summed E-state index contributed by atoms with van der Waals surface area (Å²) in [5.74, 6) is -3.28. The summed E-state index contributed by atoms with van der Waals surface area (Å²) >= 11 is 0. The number of amides is 1. The molecule has 1 spiro atoms. The van der Waals surface area contributed by atoms with Crippen LogP contribution < -0.4 is 4.74 Å². The highest BCUT2D eigenvalue weighted by Crippen LogP contribution is 2.36. The molecule has 13 heteroatoms. The van der Waals surface area contributed by atoms with Gasteiger partial charge in [0.2, 0.25) is 5.82 Å². The number of pyridine rings is 1. The third-order valence-corrected chi connectivity index (χ3v) is 5.00. The van der Waals surface area contributed by atoms with Crippen LogP contribution in [0.1, 0.15) is 29.9 Å². The van der Waals surface area contributed by atoms with Crippen LogP contribution in [0.15, 0.2) is 36.8 Å². The number of aromatic nitrogens is 3. The van der Waals surface area contributed by atoms with Crippen molar-refractivity contribution < 1.29 is 41.7 Å². The third kappa shape index (κ3) is 6.34. The molecule has 0 aromatic carbocycles. The molecule has 9 nitrogen and oxygen atoms in total. The average Bonchev–Trinajstić information content (AvgIpc) is 3.16. The SMILES string of the molecule is O=C(O)C(F)(F)F.O=C(c1ncccn1)N1CCC[C@]2(C[C@@H](Oc3ncccc3F)CO2)C1. The normalized spacial score (nSPS) is 22.4. The molecule has 178 valence electrons. The Morgan fingerprint density at radius 2 is 1.85 bits per heavy atom. The Bertz CT molecular complexity index is 978. The van der Waals surface area contributed by atoms with Crippen LogP contribution in [0.5, 0.6) is 5.88 Å². The summed E-state index contributed by atoms with van der Waals surface area (Å²) in [7, 11) is 0. The minimum atomic E-state index is -5.08. The number of hydrogen-bond acceptors (Lipinski definition) is 7. The monoisotopic (exact) mass is 472 g/mol. The minimum Gasteiger partial charge on any atom is -0.475 e. The van der Waals surface area contributed by atoms with Crippen molar-refractivity contribution >= 4 is 11.9 Å². The molecule has 0 aliphatic carbocycles. The number of aliphatic carboxylic acids is 1. The van der Waals surface area contributed by atoms with Crippen LogP contribution in [0.2, 0.25) is 0 Å². The van der Waals surface area contributed by atoms with Crippen molar-refractivity contribution in [1.29, 1.82) is 0 Å². The number of carbonyl (C=O) groups excluding carboxylic acids is 1. The second-order valence-electron chi connectivity index (χ2n) is 7.43. The number of carboxylic acids is 1. The molecule has 1 N–H and O–H groups in total. The molecule has 2 aliphatic rings. The van der Waals surface area contributed by atoms with Crippen LogP contribution in [-0.4, -0.2) is 74.4 Å². The lowest BCUT2D eigenvalue weighted by atomic mass is 9.89. The molecule has 0 saturated carbocycles. The minimum absolute atomic E-state index is 0.0143. The molecule has 4 rings (SSSR count). The van der Waals surface area contributed by atoms with Crippen LogP contribution in [0.3, 0.4) is 0 Å². The maximum Gasteiger partial charge on any atom is 0.490 e. The second kappa shape index (κ2) is 10.1. The van der Waals surface area contributed by atoms with Gasteiger partial charge >= 0.3 is 12.1 Å². The first-order chi connectivity index (χ1) is 15.6. The number of alkyl halides is 3. The smallest absolute Gasteiger partial charge is 0.475 e. The first-order valence-electron chi connectivity index (χ1n) is 9.87. The number of hydrogen-bond donors (Lipinski definition) is 1. The van der Waals surface area contributed by atoms with E-state index in [0.717, 1.165) is 12.8 Å². The lowest BCUT2D eigenvalue weighted by Crippen LogP contribution is -2.50. The third-order valence-electron chi connectivity index (χ3n) is 5.00. The van der Waals surface area contributed by atoms with Gasteiger partial charge in [0.05, 0.1) is 18.8 Å². The molecular weight excluding hydrogens is 452 g/mol. The average molecular weight is 472 g/mol. The quantitative estimate of drug-likeness (QED) is 0.678. The van der Waals surface area contributed by atoms with Gasteiger partial charge in [-0.2, -0.15) is 13.2 Å². The Morgan fingerprint density at radius 3 is 2.48 bits per heavy atom. The van der Waals surface area contributed by atoms with Crippen molar-refractivity contribution in [2.45, 2.75) is 37.1 Å². The molecule has 1 amide bonds. The summed E-state index contributed by atoms with van der Waals surface area (Å²) in [6.07, 6.45) is 1.46. The van der Waals surface area contributed by atoms with E-state index in [4.69, 9.17) is 19.4 Å². The molecule has 0 unspecified atom stereocenters. The van der Waals surface area contributed by atoms with Crippen molar-refractivity contribution in [1.82, 2.24) is 19.9 Å². The summed E-state index contributed by atoms with van der Waals surface area (Å²) in [5, 5.41) is 7.12. The predicted molar refractivity (Wildman–Crippen MR) is 103 cm³/mol. The number of ether oxygens (including phenoxy) is 2. The Hall–Kier alpha value is -3.35. The molecule has 2 aliphatic heterocycles. The Labute approximate surface area is 185 Å². The zero-order chi connectivity index (χ0) is 24.1. The van der Waals surface area contributed by atoms with Crippen molar-refractivity contribution in [3.63, 3.8) is 0 Å². The van der Waals surface area contributed by atoms with Crippen LogP contribution in [0.4, 0.5) is 17.6 Å². The van der Waals surface area contributed by atoms with E-state index in [9.17, 15) is 22.4 Å². The van der Waals surface area contributed by atoms with Crippen molar-refractivity contribution in [2.75, 3.05) is 19.7 Å². The molecule has 0 radical (unpaired) electrons. The molecule has 33 heavy (non-hydrogen) atoms. The van der Waals surface area contributed by atoms with Gasteiger partial charge in [0.15, 0.2) is 5.82 Å². The fourth-order valence-electron chi connectivity index (χ4n) is 3.60. The molecule has 2 aromatic rings. The highest BCUT2D eigenvalue weighted by atomic mass is 19.4. The number of halogens is 4. The number of rotatable bonds is 3. The lowest BCUT2D eigenvalue weighted by Gasteiger charge is -2.39. The van der Waals surface area contributed by atoms with Gasteiger partial charge in [-0.1, -0.05) is 0 Å². The number of likely N-dealkylation sites (tertiary alicyclic amines) is 1. The van der Waals surface area contributed by atoms with Crippen LogP contribution in [-0.2, 0) is 9.53 Å². The fraction of sp³-hybridized carbons (Fsp3) is 0.450. The zero-order valence-electron chi connectivity index (χ0n) is 17.2. The fourth-order valence-corrected chi connectivity index (χ4v) is 3.60. The van der Waals surface area contributed by atoms with Crippen molar-refractivity contribution in [3.8, 4) is 5.88 Å². The summed E-state index contributed by atoms with van der Waals surface area (Å²) < 4.78 is 57.2. The Kier molecular flexibility index (Phi) is 7.41. The van der Waals surface area contributed by atoms with Crippen LogP contribution in [0.25, 0.3) is 0 Å². The highest BCUT2D eigenvalue weighted by Gasteiger charge is 2.46. The van der Waals surface area contributed by atoms with Crippen molar-refractivity contribution in [3.05, 3.63) is 48.4 Å². The van der Waals surface area contributed by atoms with Gasteiger partial charge in [0.1, 0.15) is 6.10 Å². The van der Waals surface area contributed by atoms with E-state index in [1.165, 1.54) is 18.3 Å². The molecule has 2 aromatic heterocycles. The lowest BCUT2D eigenvalue weighted by molar-refractivity contribution is -0.192. The molecule has 2 atom stereocenters. The Morgan fingerprint density at radius 1 is 1.18 bits per heavy atom. The topological polar surface area (TPSA) is 115 Å². The highest BCUT2D eigenvalue weighted by molar-refractivity contribution is 5.90. The largest absolute Gasteiger partial charge is 0.490 e.